The third-order valence-electron chi connectivity index (χ3n) is 2.08. The molecule has 86 valence electrons. The topological polar surface area (TPSA) is 141 Å². The lowest BCUT2D eigenvalue weighted by atomic mass is 10.1. The number of nitrogens with two attached hydrogens (primary N) is 2. The molecule has 2 amide bonds. The largest absolute Gasteiger partial charge is 0.366 e. The molecule has 0 saturated carbocycles. The second-order valence-corrected chi connectivity index (χ2v) is 3.15. The summed E-state index contributed by atoms with van der Waals surface area (Å²) in [5.74, 6) is -1.34. The molecule has 0 bridgehead atoms. The first-order valence-electron chi connectivity index (χ1n) is 4.56. The SMILES string of the molecule is NC(=O)c1nncc(-c2ncc[nH]2)c1C(N)=O. The van der Waals surface area contributed by atoms with Crippen molar-refractivity contribution in [2.45, 2.75) is 0 Å². The fraction of sp³-hybridized carbons (Fsp3) is 0. The predicted octanol–water partition coefficient (Wildman–Crippen LogP) is -0.936. The van der Waals surface area contributed by atoms with E-state index in [9.17, 15) is 9.59 Å². The van der Waals surface area contributed by atoms with Gasteiger partial charge in [-0.05, 0) is 0 Å². The molecule has 0 saturated heterocycles. The molecular formula is C9H8N6O2. The second-order valence-electron chi connectivity index (χ2n) is 3.15. The van der Waals surface area contributed by atoms with Crippen LogP contribution in [0.25, 0.3) is 11.4 Å². The van der Waals surface area contributed by atoms with Gasteiger partial charge in [-0.2, -0.15) is 5.10 Å². The number of aromatic amines is 1. The van der Waals surface area contributed by atoms with Gasteiger partial charge in [0.1, 0.15) is 5.82 Å². The van der Waals surface area contributed by atoms with E-state index in [1.807, 2.05) is 0 Å². The number of carbonyl (C=O) groups excluding carboxylic acids is 2. The number of nitrogens with zero attached hydrogens (tertiary/aromatic N) is 3. The highest BCUT2D eigenvalue weighted by molar-refractivity contribution is 6.08. The summed E-state index contributed by atoms with van der Waals surface area (Å²) in [5.41, 5.74) is 10.2. The average molecular weight is 232 g/mol. The van der Waals surface area contributed by atoms with Crippen molar-refractivity contribution in [3.05, 3.63) is 29.8 Å². The number of rotatable bonds is 3. The van der Waals surface area contributed by atoms with Crippen LogP contribution in [0.3, 0.4) is 0 Å². The van der Waals surface area contributed by atoms with E-state index >= 15 is 0 Å². The lowest BCUT2D eigenvalue weighted by Crippen LogP contribution is -2.23. The van der Waals surface area contributed by atoms with Gasteiger partial charge in [0.2, 0.25) is 0 Å². The molecular weight excluding hydrogens is 224 g/mol. The highest BCUT2D eigenvalue weighted by atomic mass is 16.2. The first kappa shape index (κ1) is 10.7. The maximum absolute atomic E-state index is 11.3. The van der Waals surface area contributed by atoms with Crippen molar-refractivity contribution in [3.63, 3.8) is 0 Å². The summed E-state index contributed by atoms with van der Waals surface area (Å²) in [7, 11) is 0. The van der Waals surface area contributed by atoms with Crippen molar-refractivity contribution in [2.24, 2.45) is 11.5 Å². The Kier molecular flexibility index (Phi) is 2.53. The Hall–Kier alpha value is -2.77. The van der Waals surface area contributed by atoms with Gasteiger partial charge < -0.3 is 16.5 Å². The molecule has 0 atom stereocenters. The minimum absolute atomic E-state index is 0.0950. The Morgan fingerprint density at radius 2 is 2.00 bits per heavy atom. The van der Waals surface area contributed by atoms with Crippen LogP contribution >= 0.6 is 0 Å². The van der Waals surface area contributed by atoms with Crippen molar-refractivity contribution in [2.75, 3.05) is 0 Å². The van der Waals surface area contributed by atoms with Gasteiger partial charge in [-0.15, -0.1) is 5.10 Å². The smallest absolute Gasteiger partial charge is 0.270 e. The minimum atomic E-state index is -0.875. The van der Waals surface area contributed by atoms with E-state index in [1.54, 1.807) is 6.20 Å². The van der Waals surface area contributed by atoms with Gasteiger partial charge >= 0.3 is 0 Å². The van der Waals surface area contributed by atoms with Gasteiger partial charge in [0.15, 0.2) is 5.69 Å². The van der Waals surface area contributed by atoms with Gasteiger partial charge in [-0.3, -0.25) is 9.59 Å². The van der Waals surface area contributed by atoms with E-state index in [4.69, 9.17) is 11.5 Å². The molecule has 2 aromatic heterocycles. The molecule has 0 fully saturated rings. The maximum Gasteiger partial charge on any atom is 0.270 e. The van der Waals surface area contributed by atoms with Crippen molar-refractivity contribution in [3.8, 4) is 11.4 Å². The van der Waals surface area contributed by atoms with E-state index in [2.05, 4.69) is 20.2 Å². The molecule has 2 heterocycles. The van der Waals surface area contributed by atoms with Crippen LogP contribution in [0.5, 0.6) is 0 Å². The second kappa shape index (κ2) is 4.00. The number of hydrogen-bond acceptors (Lipinski definition) is 5. The zero-order chi connectivity index (χ0) is 12.4. The van der Waals surface area contributed by atoms with Gasteiger partial charge in [-0.1, -0.05) is 0 Å². The van der Waals surface area contributed by atoms with Crippen LogP contribution in [0.4, 0.5) is 0 Å². The van der Waals surface area contributed by atoms with E-state index in [-0.39, 0.29) is 16.8 Å². The van der Waals surface area contributed by atoms with E-state index in [1.165, 1.54) is 12.4 Å². The monoisotopic (exact) mass is 232 g/mol. The van der Waals surface area contributed by atoms with Crippen molar-refractivity contribution in [1.29, 1.82) is 0 Å². The van der Waals surface area contributed by atoms with E-state index in [0.717, 1.165) is 0 Å². The molecule has 2 rings (SSSR count). The van der Waals surface area contributed by atoms with Crippen molar-refractivity contribution < 1.29 is 9.59 Å². The fourth-order valence-electron chi connectivity index (χ4n) is 1.40. The van der Waals surface area contributed by atoms with Crippen LogP contribution in [0.15, 0.2) is 18.6 Å². The molecule has 0 radical (unpaired) electrons. The first-order chi connectivity index (χ1) is 8.11. The Morgan fingerprint density at radius 1 is 1.24 bits per heavy atom. The Bertz CT molecular complexity index is 577. The first-order valence-corrected chi connectivity index (χ1v) is 4.56. The van der Waals surface area contributed by atoms with Crippen molar-refractivity contribution >= 4 is 11.8 Å². The third kappa shape index (κ3) is 1.83. The summed E-state index contributed by atoms with van der Waals surface area (Å²) in [6, 6.07) is 0. The summed E-state index contributed by atoms with van der Waals surface area (Å²) < 4.78 is 0. The summed E-state index contributed by atoms with van der Waals surface area (Å²) in [6.45, 7) is 0. The highest BCUT2D eigenvalue weighted by Gasteiger charge is 2.21. The molecule has 0 aliphatic rings. The lowest BCUT2D eigenvalue weighted by molar-refractivity contribution is 0.0963. The lowest BCUT2D eigenvalue weighted by Gasteiger charge is -2.05. The van der Waals surface area contributed by atoms with Crippen LogP contribution in [0.1, 0.15) is 20.8 Å². The Balaban J connectivity index is 2.72. The number of amides is 2. The quantitative estimate of drug-likeness (QED) is 0.626. The fourth-order valence-corrected chi connectivity index (χ4v) is 1.40. The Morgan fingerprint density at radius 3 is 2.53 bits per heavy atom. The summed E-state index contributed by atoms with van der Waals surface area (Å²) in [5, 5.41) is 7.09. The molecule has 0 aromatic carbocycles. The number of aromatic nitrogens is 4. The van der Waals surface area contributed by atoms with Crippen molar-refractivity contribution in [1.82, 2.24) is 20.2 Å². The van der Waals surface area contributed by atoms with Gasteiger partial charge in [0, 0.05) is 12.4 Å². The third-order valence-corrected chi connectivity index (χ3v) is 2.08. The molecule has 8 nitrogen and oxygen atoms in total. The molecule has 8 heteroatoms. The van der Waals surface area contributed by atoms with E-state index in [0.29, 0.717) is 5.82 Å². The Labute approximate surface area is 95.1 Å². The maximum atomic E-state index is 11.3. The number of imidazole rings is 1. The zero-order valence-corrected chi connectivity index (χ0v) is 8.54. The predicted molar refractivity (Wildman–Crippen MR) is 56.6 cm³/mol. The van der Waals surface area contributed by atoms with Crippen LogP contribution in [-0.2, 0) is 0 Å². The molecule has 0 aliphatic carbocycles. The summed E-state index contributed by atoms with van der Waals surface area (Å²) in [6.07, 6.45) is 4.33. The van der Waals surface area contributed by atoms with Gasteiger partial charge in [0.05, 0.1) is 17.3 Å². The van der Waals surface area contributed by atoms with Gasteiger partial charge in [0.25, 0.3) is 11.8 Å². The molecule has 17 heavy (non-hydrogen) atoms. The van der Waals surface area contributed by atoms with Crippen LogP contribution in [0.2, 0.25) is 0 Å². The molecule has 2 aromatic rings. The van der Waals surface area contributed by atoms with E-state index < -0.39 is 11.8 Å². The van der Waals surface area contributed by atoms with Crippen LogP contribution in [-0.4, -0.2) is 32.0 Å². The number of carbonyl (C=O) groups is 2. The average Bonchev–Trinajstić information content (AvgIpc) is 2.81. The standard InChI is InChI=1S/C9H8N6O2/c10-7(16)5-4(9-12-1-2-13-9)3-14-15-6(5)8(11)17/h1-3H,(H2,10,16)(H2,11,17)(H,12,13). The summed E-state index contributed by atoms with van der Waals surface area (Å²) in [4.78, 5) is 29.2. The highest BCUT2D eigenvalue weighted by Crippen LogP contribution is 2.20. The normalized spacial score (nSPS) is 10.1. The number of primary amides is 2. The number of nitrogens with one attached hydrogen (secondary N) is 1. The molecule has 5 N–H and O–H groups in total. The molecule has 0 spiro atoms. The van der Waals surface area contributed by atoms with Crippen LogP contribution < -0.4 is 11.5 Å². The van der Waals surface area contributed by atoms with Gasteiger partial charge in [-0.25, -0.2) is 4.98 Å². The molecule has 0 aliphatic heterocycles. The summed E-state index contributed by atoms with van der Waals surface area (Å²) >= 11 is 0. The molecule has 0 unspecified atom stereocenters. The number of H-pyrrole nitrogens is 1. The minimum Gasteiger partial charge on any atom is -0.366 e. The zero-order valence-electron chi connectivity index (χ0n) is 8.54. The number of hydrogen-bond donors (Lipinski definition) is 3. The van der Waals surface area contributed by atoms with Crippen LogP contribution in [0, 0.1) is 0 Å².